The molecule has 8 nitrogen and oxygen atoms in total. The first-order valence-electron chi connectivity index (χ1n) is 6.54. The molecule has 0 fully saturated rings. The Bertz CT molecular complexity index is 785. The number of aromatic nitrogens is 1. The Labute approximate surface area is 125 Å². The van der Waals surface area contributed by atoms with Crippen LogP contribution in [0.1, 0.15) is 18.1 Å². The Morgan fingerprint density at radius 3 is 2.64 bits per heavy atom. The van der Waals surface area contributed by atoms with Crippen molar-refractivity contribution >= 4 is 17.1 Å². The van der Waals surface area contributed by atoms with Gasteiger partial charge in [0, 0.05) is 12.1 Å². The lowest BCUT2D eigenvalue weighted by Crippen LogP contribution is -2.03. The van der Waals surface area contributed by atoms with Crippen LogP contribution in [0.5, 0.6) is 5.88 Å². The predicted octanol–water partition coefficient (Wildman–Crippen LogP) is 3.27. The molecule has 1 aromatic carbocycles. The number of H-pyrrole nitrogens is 1. The topological polar surface area (TPSA) is 121 Å². The number of nitrogens with one attached hydrogen (secondary N) is 1. The molecule has 0 amide bonds. The number of hydrogen-bond donors (Lipinski definition) is 2. The van der Waals surface area contributed by atoms with Gasteiger partial charge in [-0.05, 0) is 30.5 Å². The summed E-state index contributed by atoms with van der Waals surface area (Å²) in [4.78, 5) is 23.9. The molecular weight excluding hydrogens is 288 g/mol. The lowest BCUT2D eigenvalue weighted by Gasteiger charge is -2.02. The van der Waals surface area contributed by atoms with E-state index < -0.39 is 16.4 Å². The highest BCUT2D eigenvalue weighted by molar-refractivity contribution is 5.59. The van der Waals surface area contributed by atoms with Gasteiger partial charge in [0.15, 0.2) is 5.69 Å². The van der Waals surface area contributed by atoms with Crippen molar-refractivity contribution in [3.05, 3.63) is 55.9 Å². The quantitative estimate of drug-likeness (QED) is 0.511. The van der Waals surface area contributed by atoms with E-state index >= 15 is 0 Å². The van der Waals surface area contributed by atoms with Gasteiger partial charge < -0.3 is 5.11 Å². The Hall–Kier alpha value is -3.03. The lowest BCUT2D eigenvalue weighted by molar-refractivity contribution is -0.384. The first-order chi connectivity index (χ1) is 10.4. The minimum Gasteiger partial charge on any atom is -0.493 e. The summed E-state index contributed by atoms with van der Waals surface area (Å²) in [5.74, 6) is -0.429. The second-order valence-electron chi connectivity index (χ2n) is 4.65. The maximum atomic E-state index is 11.2. The molecule has 0 aliphatic carbocycles. The fourth-order valence-corrected chi connectivity index (χ4v) is 1.91. The SMILES string of the molecule is CCc1ccc(N=Nc2c(C)cc(=O)[nH]c2O)c([N+](=O)[O-])c1. The number of nitro groups is 1. The van der Waals surface area contributed by atoms with Crippen LogP contribution < -0.4 is 5.56 Å². The zero-order valence-electron chi connectivity index (χ0n) is 12.0. The van der Waals surface area contributed by atoms with E-state index in [0.717, 1.165) is 5.56 Å². The molecule has 8 heteroatoms. The number of nitro benzene ring substituents is 1. The highest BCUT2D eigenvalue weighted by Crippen LogP contribution is 2.32. The molecule has 114 valence electrons. The third kappa shape index (κ3) is 3.17. The molecule has 1 aromatic heterocycles. The number of rotatable bonds is 4. The smallest absolute Gasteiger partial charge is 0.296 e. The van der Waals surface area contributed by atoms with Crippen LogP contribution in [0.15, 0.2) is 39.3 Å². The molecule has 22 heavy (non-hydrogen) atoms. The highest BCUT2D eigenvalue weighted by atomic mass is 16.6. The van der Waals surface area contributed by atoms with E-state index in [4.69, 9.17) is 0 Å². The maximum Gasteiger partial charge on any atom is 0.296 e. The molecule has 0 aliphatic rings. The van der Waals surface area contributed by atoms with Crippen molar-refractivity contribution in [2.24, 2.45) is 10.2 Å². The fraction of sp³-hybridized carbons (Fsp3) is 0.214. The average molecular weight is 302 g/mol. The Morgan fingerprint density at radius 1 is 1.32 bits per heavy atom. The van der Waals surface area contributed by atoms with Crippen LogP contribution in [0.25, 0.3) is 0 Å². The van der Waals surface area contributed by atoms with E-state index in [1.54, 1.807) is 13.0 Å². The van der Waals surface area contributed by atoms with Crippen molar-refractivity contribution < 1.29 is 10.0 Å². The number of hydrogen-bond acceptors (Lipinski definition) is 6. The summed E-state index contributed by atoms with van der Waals surface area (Å²) in [6.45, 7) is 3.47. The van der Waals surface area contributed by atoms with Crippen molar-refractivity contribution in [2.75, 3.05) is 0 Å². The summed E-state index contributed by atoms with van der Waals surface area (Å²) in [5, 5.41) is 28.4. The zero-order chi connectivity index (χ0) is 16.3. The summed E-state index contributed by atoms with van der Waals surface area (Å²) in [7, 11) is 0. The predicted molar refractivity (Wildman–Crippen MR) is 80.1 cm³/mol. The zero-order valence-corrected chi connectivity index (χ0v) is 12.0. The van der Waals surface area contributed by atoms with Crippen molar-refractivity contribution in [2.45, 2.75) is 20.3 Å². The van der Waals surface area contributed by atoms with E-state index in [-0.39, 0.29) is 17.1 Å². The van der Waals surface area contributed by atoms with E-state index in [1.807, 2.05) is 6.92 Å². The van der Waals surface area contributed by atoms with Crippen molar-refractivity contribution in [1.82, 2.24) is 4.98 Å². The van der Waals surface area contributed by atoms with Gasteiger partial charge in [-0.2, -0.15) is 0 Å². The molecule has 0 unspecified atom stereocenters. The standard InChI is InChI=1S/C14H14N4O4/c1-3-9-4-5-10(11(7-9)18(21)22)16-17-13-8(2)6-12(19)15-14(13)20/h4-7H,3H2,1-2H3,(H2,15,19,20). The maximum absolute atomic E-state index is 11.2. The van der Waals surface area contributed by atoms with Crippen LogP contribution in [-0.4, -0.2) is 15.0 Å². The first-order valence-corrected chi connectivity index (χ1v) is 6.54. The Morgan fingerprint density at radius 2 is 2.05 bits per heavy atom. The van der Waals surface area contributed by atoms with E-state index in [0.29, 0.717) is 12.0 Å². The van der Waals surface area contributed by atoms with Gasteiger partial charge in [0.2, 0.25) is 5.88 Å². The summed E-state index contributed by atoms with van der Waals surface area (Å²) < 4.78 is 0. The lowest BCUT2D eigenvalue weighted by atomic mass is 10.1. The van der Waals surface area contributed by atoms with Crippen LogP contribution in [0.3, 0.4) is 0 Å². The van der Waals surface area contributed by atoms with Crippen LogP contribution in [-0.2, 0) is 6.42 Å². The van der Waals surface area contributed by atoms with E-state index in [1.165, 1.54) is 18.2 Å². The molecule has 0 saturated heterocycles. The summed E-state index contributed by atoms with van der Waals surface area (Å²) in [5.41, 5.74) is 0.740. The van der Waals surface area contributed by atoms with Gasteiger partial charge in [0.25, 0.3) is 11.2 Å². The van der Waals surface area contributed by atoms with Gasteiger partial charge in [0.1, 0.15) is 5.69 Å². The van der Waals surface area contributed by atoms with E-state index in [2.05, 4.69) is 15.2 Å². The van der Waals surface area contributed by atoms with Crippen molar-refractivity contribution in [1.29, 1.82) is 0 Å². The largest absolute Gasteiger partial charge is 0.493 e. The summed E-state index contributed by atoms with van der Waals surface area (Å²) in [6, 6.07) is 5.91. The normalized spacial score (nSPS) is 11.0. The number of pyridine rings is 1. The number of aryl methyl sites for hydroxylation is 2. The molecule has 2 N–H and O–H groups in total. The molecule has 1 heterocycles. The van der Waals surface area contributed by atoms with Crippen molar-refractivity contribution in [3.63, 3.8) is 0 Å². The highest BCUT2D eigenvalue weighted by Gasteiger charge is 2.14. The molecule has 2 aromatic rings. The molecule has 0 radical (unpaired) electrons. The van der Waals surface area contributed by atoms with Gasteiger partial charge >= 0.3 is 0 Å². The number of aromatic hydroxyl groups is 1. The monoisotopic (exact) mass is 302 g/mol. The minimum atomic E-state index is -0.535. The van der Waals surface area contributed by atoms with Gasteiger partial charge in [-0.3, -0.25) is 19.9 Å². The molecule has 0 aliphatic heterocycles. The molecule has 0 spiro atoms. The molecule has 0 saturated carbocycles. The minimum absolute atomic E-state index is 0.0634. The number of nitrogens with zero attached hydrogens (tertiary/aromatic N) is 3. The fourth-order valence-electron chi connectivity index (χ4n) is 1.91. The second kappa shape index (κ2) is 6.17. The van der Waals surface area contributed by atoms with Crippen LogP contribution in [0, 0.1) is 17.0 Å². The third-order valence-corrected chi connectivity index (χ3v) is 3.09. The Kier molecular flexibility index (Phi) is 4.31. The summed E-state index contributed by atoms with van der Waals surface area (Å²) in [6.07, 6.45) is 0.665. The van der Waals surface area contributed by atoms with Crippen LogP contribution >= 0.6 is 0 Å². The third-order valence-electron chi connectivity index (χ3n) is 3.09. The number of azo groups is 1. The molecule has 0 atom stereocenters. The number of aromatic amines is 1. The van der Waals surface area contributed by atoms with Gasteiger partial charge in [-0.1, -0.05) is 13.0 Å². The Balaban J connectivity index is 2.47. The van der Waals surface area contributed by atoms with Gasteiger partial charge in [-0.25, -0.2) is 0 Å². The number of benzene rings is 1. The van der Waals surface area contributed by atoms with Gasteiger partial charge in [-0.15, -0.1) is 10.2 Å². The van der Waals surface area contributed by atoms with Crippen molar-refractivity contribution in [3.8, 4) is 5.88 Å². The molecular formula is C14H14N4O4. The van der Waals surface area contributed by atoms with E-state index in [9.17, 15) is 20.0 Å². The van der Waals surface area contributed by atoms with Gasteiger partial charge in [0.05, 0.1) is 4.92 Å². The second-order valence-corrected chi connectivity index (χ2v) is 4.65. The summed E-state index contributed by atoms with van der Waals surface area (Å²) >= 11 is 0. The molecule has 2 rings (SSSR count). The van der Waals surface area contributed by atoms with Crippen LogP contribution in [0.2, 0.25) is 0 Å². The first kappa shape index (κ1) is 15.4. The molecule has 0 bridgehead atoms. The average Bonchev–Trinajstić information content (AvgIpc) is 2.46. The van der Waals surface area contributed by atoms with Crippen LogP contribution in [0.4, 0.5) is 17.1 Å².